The Hall–Kier alpha value is -1.80. The highest BCUT2D eigenvalue weighted by molar-refractivity contribution is 8.01. The van der Waals surface area contributed by atoms with Crippen molar-refractivity contribution in [3.05, 3.63) is 57.6 Å². The molecular weight excluding hydrogens is 424 g/mol. The van der Waals surface area contributed by atoms with E-state index in [9.17, 15) is 4.79 Å². The SMILES string of the molecule is O=C(c1[nH]nc2c1CCSc1sccc1-2)N1CCN(Cc2ccc(Cl)cc2)CC1. The molecule has 1 aromatic carbocycles. The molecule has 1 amide bonds. The second kappa shape index (κ2) is 8.14. The van der Waals surface area contributed by atoms with E-state index in [0.717, 1.165) is 66.7 Å². The first-order valence-electron chi connectivity index (χ1n) is 9.73. The van der Waals surface area contributed by atoms with Gasteiger partial charge in [-0.2, -0.15) is 5.10 Å². The number of halogens is 1. The fraction of sp³-hybridized carbons (Fsp3) is 0.333. The van der Waals surface area contributed by atoms with Crippen molar-refractivity contribution < 1.29 is 4.79 Å². The summed E-state index contributed by atoms with van der Waals surface area (Å²) in [6.07, 6.45) is 0.871. The minimum Gasteiger partial charge on any atom is -0.335 e. The van der Waals surface area contributed by atoms with E-state index in [4.69, 9.17) is 11.6 Å². The molecule has 5 nitrogen and oxygen atoms in total. The molecule has 4 heterocycles. The summed E-state index contributed by atoms with van der Waals surface area (Å²) in [5.74, 6) is 1.06. The van der Waals surface area contributed by atoms with Crippen molar-refractivity contribution in [1.82, 2.24) is 20.0 Å². The van der Waals surface area contributed by atoms with Gasteiger partial charge in [0.1, 0.15) is 5.69 Å². The number of aromatic nitrogens is 2. The number of thioether (sulfide) groups is 1. The predicted molar refractivity (Wildman–Crippen MR) is 119 cm³/mol. The number of piperazine rings is 1. The molecule has 2 aliphatic heterocycles. The Morgan fingerprint density at radius 2 is 1.93 bits per heavy atom. The highest BCUT2D eigenvalue weighted by Crippen LogP contribution is 2.41. The number of H-pyrrole nitrogens is 1. The number of carbonyl (C=O) groups is 1. The van der Waals surface area contributed by atoms with Gasteiger partial charge in [-0.05, 0) is 35.6 Å². The Labute approximate surface area is 183 Å². The van der Waals surface area contributed by atoms with Crippen molar-refractivity contribution in [1.29, 1.82) is 0 Å². The number of fused-ring (bicyclic) bond motifs is 3. The van der Waals surface area contributed by atoms with Crippen molar-refractivity contribution in [3.63, 3.8) is 0 Å². The summed E-state index contributed by atoms with van der Waals surface area (Å²) in [6.45, 7) is 4.10. The predicted octanol–water partition coefficient (Wildman–Crippen LogP) is 4.40. The Morgan fingerprint density at radius 3 is 2.72 bits per heavy atom. The molecule has 2 aromatic heterocycles. The third-order valence-corrected chi connectivity index (χ3v) is 8.02. The number of hydrogen-bond acceptors (Lipinski definition) is 5. The van der Waals surface area contributed by atoms with Gasteiger partial charge in [0.25, 0.3) is 5.91 Å². The van der Waals surface area contributed by atoms with E-state index in [2.05, 4.69) is 38.7 Å². The lowest BCUT2D eigenvalue weighted by Gasteiger charge is -2.34. The fourth-order valence-corrected chi connectivity index (χ4v) is 6.20. The van der Waals surface area contributed by atoms with E-state index in [1.165, 1.54) is 9.77 Å². The smallest absolute Gasteiger partial charge is 0.272 e. The van der Waals surface area contributed by atoms with E-state index >= 15 is 0 Å². The molecule has 1 N–H and O–H groups in total. The average Bonchev–Trinajstić information content (AvgIpc) is 3.33. The van der Waals surface area contributed by atoms with Crippen LogP contribution < -0.4 is 0 Å². The third kappa shape index (κ3) is 3.84. The first-order valence-corrected chi connectivity index (χ1v) is 12.0. The molecule has 0 spiro atoms. The zero-order valence-corrected chi connectivity index (χ0v) is 18.2. The lowest BCUT2D eigenvalue weighted by Crippen LogP contribution is -2.48. The topological polar surface area (TPSA) is 52.2 Å². The molecule has 1 saturated heterocycles. The highest BCUT2D eigenvalue weighted by atomic mass is 35.5. The van der Waals surface area contributed by atoms with Crippen LogP contribution in [0, 0.1) is 0 Å². The van der Waals surface area contributed by atoms with Crippen molar-refractivity contribution >= 4 is 40.6 Å². The molecule has 0 radical (unpaired) electrons. The van der Waals surface area contributed by atoms with E-state index < -0.39 is 0 Å². The maximum atomic E-state index is 13.2. The Bertz CT molecular complexity index is 1020. The molecule has 0 bridgehead atoms. The van der Waals surface area contributed by atoms with Crippen molar-refractivity contribution in [2.24, 2.45) is 0 Å². The van der Waals surface area contributed by atoms with Crippen LogP contribution >= 0.6 is 34.7 Å². The van der Waals surface area contributed by atoms with E-state index in [1.54, 1.807) is 11.3 Å². The van der Waals surface area contributed by atoms with Gasteiger partial charge in [-0.15, -0.1) is 23.1 Å². The molecule has 8 heteroatoms. The van der Waals surface area contributed by atoms with Crippen LogP contribution in [-0.2, 0) is 13.0 Å². The van der Waals surface area contributed by atoms with Crippen molar-refractivity contribution in [2.45, 2.75) is 17.2 Å². The first kappa shape index (κ1) is 19.2. The van der Waals surface area contributed by atoms with Gasteiger partial charge in [0.2, 0.25) is 0 Å². The van der Waals surface area contributed by atoms with Crippen LogP contribution in [0.4, 0.5) is 0 Å². The van der Waals surface area contributed by atoms with Crippen LogP contribution in [0.25, 0.3) is 11.3 Å². The Kier molecular flexibility index (Phi) is 5.39. The molecule has 29 heavy (non-hydrogen) atoms. The molecule has 0 aliphatic carbocycles. The summed E-state index contributed by atoms with van der Waals surface area (Å²) in [5, 5.41) is 10.4. The van der Waals surface area contributed by atoms with Crippen molar-refractivity contribution in [3.8, 4) is 11.3 Å². The van der Waals surface area contributed by atoms with Gasteiger partial charge in [-0.25, -0.2) is 0 Å². The zero-order chi connectivity index (χ0) is 19.8. The second-order valence-electron chi connectivity index (χ2n) is 7.34. The van der Waals surface area contributed by atoms with Gasteiger partial charge in [0, 0.05) is 54.6 Å². The Morgan fingerprint density at radius 1 is 1.14 bits per heavy atom. The summed E-state index contributed by atoms with van der Waals surface area (Å²) in [4.78, 5) is 17.6. The minimum atomic E-state index is 0.0774. The van der Waals surface area contributed by atoms with Crippen molar-refractivity contribution in [2.75, 3.05) is 31.9 Å². The first-order chi connectivity index (χ1) is 14.2. The molecule has 3 aromatic rings. The van der Waals surface area contributed by atoms with Gasteiger partial charge in [0.05, 0.1) is 9.90 Å². The zero-order valence-electron chi connectivity index (χ0n) is 15.9. The molecular formula is C21H21ClN4OS2. The molecule has 0 unspecified atom stereocenters. The number of hydrogen-bond donors (Lipinski definition) is 1. The summed E-state index contributed by atoms with van der Waals surface area (Å²) < 4.78 is 1.30. The fourth-order valence-electron chi connectivity index (χ4n) is 3.95. The largest absolute Gasteiger partial charge is 0.335 e. The van der Waals surface area contributed by atoms with Gasteiger partial charge in [-0.1, -0.05) is 23.7 Å². The van der Waals surface area contributed by atoms with Crippen LogP contribution in [0.5, 0.6) is 0 Å². The number of thiophene rings is 1. The summed E-state index contributed by atoms with van der Waals surface area (Å²) in [6, 6.07) is 10.1. The number of rotatable bonds is 3. The lowest BCUT2D eigenvalue weighted by molar-refractivity contribution is 0.0621. The summed E-state index contributed by atoms with van der Waals surface area (Å²) in [5.41, 5.74) is 5.11. The van der Waals surface area contributed by atoms with E-state index in [1.807, 2.05) is 28.8 Å². The van der Waals surface area contributed by atoms with Gasteiger partial charge in [-0.3, -0.25) is 14.8 Å². The highest BCUT2D eigenvalue weighted by Gasteiger charge is 2.29. The molecule has 0 saturated carbocycles. The normalized spacial score (nSPS) is 16.9. The van der Waals surface area contributed by atoms with Crippen LogP contribution in [0.3, 0.4) is 0 Å². The number of carbonyl (C=O) groups excluding carboxylic acids is 1. The standard InChI is InChI=1S/C21H21ClN4OS2/c22-15-3-1-14(2-4-15)13-25-7-9-26(10-8-25)20(27)19-16-5-11-28-21-17(6-12-29-21)18(16)23-24-19/h1-4,6,12H,5,7-11,13H2,(H,23,24). The molecule has 5 rings (SSSR count). The average molecular weight is 445 g/mol. The van der Waals surface area contributed by atoms with Gasteiger partial charge < -0.3 is 4.90 Å². The number of nitrogens with zero attached hydrogens (tertiary/aromatic N) is 3. The van der Waals surface area contributed by atoms with Crippen LogP contribution in [0.15, 0.2) is 39.9 Å². The number of benzene rings is 1. The number of aromatic amines is 1. The minimum absolute atomic E-state index is 0.0774. The molecule has 2 aliphatic rings. The maximum Gasteiger partial charge on any atom is 0.272 e. The quantitative estimate of drug-likeness (QED) is 0.650. The molecule has 0 atom stereocenters. The van der Waals surface area contributed by atoms with Gasteiger partial charge in [0.15, 0.2) is 0 Å². The molecule has 1 fully saturated rings. The summed E-state index contributed by atoms with van der Waals surface area (Å²) >= 11 is 9.58. The maximum absolute atomic E-state index is 13.2. The number of nitrogens with one attached hydrogen (secondary N) is 1. The monoisotopic (exact) mass is 444 g/mol. The third-order valence-electron chi connectivity index (χ3n) is 5.53. The van der Waals surface area contributed by atoms with E-state index in [-0.39, 0.29) is 5.91 Å². The second-order valence-corrected chi connectivity index (χ2v) is 10.1. The van der Waals surface area contributed by atoms with Crippen LogP contribution in [-0.4, -0.2) is 57.8 Å². The summed E-state index contributed by atoms with van der Waals surface area (Å²) in [7, 11) is 0. The number of amides is 1. The lowest BCUT2D eigenvalue weighted by atomic mass is 10.1. The Balaban J connectivity index is 1.27. The molecule has 150 valence electrons. The van der Waals surface area contributed by atoms with E-state index in [0.29, 0.717) is 5.69 Å². The van der Waals surface area contributed by atoms with Crippen LogP contribution in [0.2, 0.25) is 5.02 Å². The van der Waals surface area contributed by atoms with Crippen LogP contribution in [0.1, 0.15) is 21.6 Å². The van der Waals surface area contributed by atoms with Gasteiger partial charge >= 0.3 is 0 Å².